The summed E-state index contributed by atoms with van der Waals surface area (Å²) in [6.45, 7) is 1.57. The summed E-state index contributed by atoms with van der Waals surface area (Å²) in [6, 6.07) is 0. The van der Waals surface area contributed by atoms with Crippen molar-refractivity contribution in [1.29, 1.82) is 0 Å². The Morgan fingerprint density at radius 3 is 2.60 bits per heavy atom. The fourth-order valence-corrected chi connectivity index (χ4v) is 1.59. The molecule has 1 heterocycles. The van der Waals surface area contributed by atoms with E-state index in [2.05, 4.69) is 0 Å². The summed E-state index contributed by atoms with van der Waals surface area (Å²) < 4.78 is 5.12. The van der Waals surface area contributed by atoms with Gasteiger partial charge in [-0.3, -0.25) is 14.4 Å². The smallest absolute Gasteiger partial charge is 0.237 e. The van der Waals surface area contributed by atoms with Crippen LogP contribution in [0.15, 0.2) is 16.3 Å². The molecule has 0 aliphatic heterocycles. The molecule has 0 spiro atoms. The predicted octanol–water partition coefficient (Wildman–Crippen LogP) is 0.222. The molecule has 0 N–H and O–H groups in total. The van der Waals surface area contributed by atoms with Crippen LogP contribution in [0.3, 0.4) is 0 Å². The van der Waals surface area contributed by atoms with E-state index in [4.69, 9.17) is 4.42 Å². The Morgan fingerprint density at radius 2 is 2.00 bits per heavy atom. The first-order chi connectivity index (χ1) is 7.07. The van der Waals surface area contributed by atoms with E-state index in [1.165, 1.54) is 6.26 Å². The van der Waals surface area contributed by atoms with Gasteiger partial charge in [-0.05, 0) is 18.0 Å². The van der Waals surface area contributed by atoms with E-state index >= 15 is 0 Å². The molecule has 0 saturated heterocycles. The fraction of sp³-hybridized carbons (Fsp3) is 0.100. The molecule has 0 radical (unpaired) electrons. The summed E-state index contributed by atoms with van der Waals surface area (Å²) in [5, 5.41) is 0. The average Bonchev–Trinajstić information content (AvgIpc) is 2.67. The maximum atomic E-state index is 11.6. The highest BCUT2D eigenvalue weighted by atomic mass is 16.3. The lowest BCUT2D eigenvalue weighted by Crippen LogP contribution is -2.22. The first kappa shape index (κ1) is 9.64. The van der Waals surface area contributed by atoms with E-state index in [1.807, 2.05) is 0 Å². The van der Waals surface area contributed by atoms with E-state index in [1.54, 1.807) is 14.8 Å². The van der Waals surface area contributed by atoms with Crippen LogP contribution in [-0.4, -0.2) is 25.7 Å². The van der Waals surface area contributed by atoms with E-state index < -0.39 is 11.6 Å². The maximum Gasteiger partial charge on any atom is 0.237 e. The van der Waals surface area contributed by atoms with Crippen LogP contribution in [0, 0.1) is 0 Å². The second kappa shape index (κ2) is 3.05. The van der Waals surface area contributed by atoms with Crippen LogP contribution in [0.5, 0.6) is 0 Å². The van der Waals surface area contributed by atoms with Crippen molar-refractivity contribution >= 4 is 31.2 Å². The van der Waals surface area contributed by atoms with Gasteiger partial charge in [-0.15, -0.1) is 0 Å². The minimum absolute atomic E-state index is 0.0955. The molecule has 74 valence electrons. The number of hydrogen-bond acceptors (Lipinski definition) is 4. The fourth-order valence-electron chi connectivity index (χ4n) is 1.59. The Kier molecular flexibility index (Phi) is 1.96. The summed E-state index contributed by atoms with van der Waals surface area (Å²) in [5.41, 5.74) is 1.22. The van der Waals surface area contributed by atoms with Crippen molar-refractivity contribution in [3.8, 4) is 0 Å². The van der Waals surface area contributed by atoms with Crippen LogP contribution < -0.4 is 0 Å². The Bertz CT molecular complexity index is 522. The first-order valence-electron chi connectivity index (χ1n) is 4.41. The van der Waals surface area contributed by atoms with Gasteiger partial charge in [-0.1, -0.05) is 0 Å². The number of Topliss-reactive ketones (excluding diaryl/α,β-unsaturated/α-hetero) is 2. The monoisotopic (exact) mass is 202 g/mol. The zero-order chi connectivity index (χ0) is 11.2. The van der Waals surface area contributed by atoms with E-state index in [9.17, 15) is 14.4 Å². The summed E-state index contributed by atoms with van der Waals surface area (Å²) in [6.07, 6.45) is 1.71. The average molecular weight is 202 g/mol. The van der Waals surface area contributed by atoms with Gasteiger partial charge in [-0.2, -0.15) is 0 Å². The van der Waals surface area contributed by atoms with E-state index in [0.717, 1.165) is 0 Å². The van der Waals surface area contributed by atoms with Crippen LogP contribution in [0.4, 0.5) is 0 Å². The highest BCUT2D eigenvalue weighted by molar-refractivity contribution is 6.59. The molecule has 4 nitrogen and oxygen atoms in total. The standard InChI is InChI=1S/C10H7BO4/c1-4-7(11)10-6(9(14)8(4)13)5(2-12)3-15-10/h2-3H,11H2,1H3. The van der Waals surface area contributed by atoms with Crippen molar-refractivity contribution in [2.45, 2.75) is 6.92 Å². The second-order valence-corrected chi connectivity index (χ2v) is 3.42. The molecule has 15 heavy (non-hydrogen) atoms. The highest BCUT2D eigenvalue weighted by Gasteiger charge is 2.33. The lowest BCUT2D eigenvalue weighted by molar-refractivity contribution is -0.111. The number of rotatable bonds is 1. The minimum Gasteiger partial charge on any atom is -0.464 e. The van der Waals surface area contributed by atoms with Crippen LogP contribution >= 0.6 is 0 Å². The van der Waals surface area contributed by atoms with Gasteiger partial charge in [-0.25, -0.2) is 0 Å². The predicted molar refractivity (Wildman–Crippen MR) is 54.6 cm³/mol. The van der Waals surface area contributed by atoms with Crippen LogP contribution in [0.25, 0.3) is 5.47 Å². The third-order valence-corrected chi connectivity index (χ3v) is 2.62. The Morgan fingerprint density at radius 1 is 1.33 bits per heavy atom. The SMILES string of the molecule is BC1=C(C)C(=O)C(=O)c2c(C=O)coc21. The van der Waals surface area contributed by atoms with Crippen molar-refractivity contribution < 1.29 is 18.8 Å². The van der Waals surface area contributed by atoms with Crippen LogP contribution in [-0.2, 0) is 4.79 Å². The molecule has 0 aromatic carbocycles. The van der Waals surface area contributed by atoms with E-state index in [0.29, 0.717) is 23.1 Å². The highest BCUT2D eigenvalue weighted by Crippen LogP contribution is 2.30. The van der Waals surface area contributed by atoms with Gasteiger partial charge >= 0.3 is 0 Å². The molecule has 1 aromatic heterocycles. The quantitative estimate of drug-likeness (QED) is 0.371. The normalized spacial score (nSPS) is 15.5. The number of aldehydes is 1. The first-order valence-corrected chi connectivity index (χ1v) is 4.41. The van der Waals surface area contributed by atoms with Crippen molar-refractivity contribution in [2.75, 3.05) is 0 Å². The number of carbonyl (C=O) groups is 3. The number of furan rings is 1. The summed E-state index contributed by atoms with van der Waals surface area (Å²) >= 11 is 0. The topological polar surface area (TPSA) is 64.3 Å². The Balaban J connectivity index is 2.80. The summed E-state index contributed by atoms with van der Waals surface area (Å²) in [7, 11) is 1.69. The molecular weight excluding hydrogens is 195 g/mol. The Labute approximate surface area is 86.4 Å². The van der Waals surface area contributed by atoms with Gasteiger partial charge in [0.15, 0.2) is 6.29 Å². The zero-order valence-corrected chi connectivity index (χ0v) is 8.29. The molecule has 0 bridgehead atoms. The van der Waals surface area contributed by atoms with Gasteiger partial charge in [0.2, 0.25) is 11.6 Å². The van der Waals surface area contributed by atoms with E-state index in [-0.39, 0.29) is 11.1 Å². The molecule has 5 heteroatoms. The third kappa shape index (κ3) is 1.13. The molecular formula is C10H7BO4. The number of allylic oxidation sites excluding steroid dienone is 1. The van der Waals surface area contributed by atoms with Gasteiger partial charge < -0.3 is 4.42 Å². The molecule has 0 unspecified atom stereocenters. The van der Waals surface area contributed by atoms with Crippen molar-refractivity contribution in [2.24, 2.45) is 0 Å². The van der Waals surface area contributed by atoms with Gasteiger partial charge in [0.25, 0.3) is 0 Å². The maximum absolute atomic E-state index is 11.6. The zero-order valence-electron chi connectivity index (χ0n) is 8.29. The van der Waals surface area contributed by atoms with Crippen LogP contribution in [0.2, 0.25) is 0 Å². The van der Waals surface area contributed by atoms with Crippen LogP contribution in [0.1, 0.15) is 33.4 Å². The number of ketones is 2. The summed E-state index contributed by atoms with van der Waals surface area (Å²) in [4.78, 5) is 33.8. The lowest BCUT2D eigenvalue weighted by Gasteiger charge is -2.11. The molecule has 1 aromatic rings. The number of hydrogen-bond donors (Lipinski definition) is 0. The minimum atomic E-state index is -0.663. The Hall–Kier alpha value is -1.91. The lowest BCUT2D eigenvalue weighted by atomic mass is 9.78. The van der Waals surface area contributed by atoms with Crippen molar-refractivity contribution in [1.82, 2.24) is 0 Å². The van der Waals surface area contributed by atoms with Gasteiger partial charge in [0, 0.05) is 0 Å². The molecule has 0 fully saturated rings. The third-order valence-electron chi connectivity index (χ3n) is 2.62. The summed E-state index contributed by atoms with van der Waals surface area (Å²) in [5.74, 6) is -0.896. The van der Waals surface area contributed by atoms with Crippen molar-refractivity contribution in [3.05, 3.63) is 28.7 Å². The van der Waals surface area contributed by atoms with Gasteiger partial charge in [0.1, 0.15) is 19.9 Å². The molecule has 0 atom stereocenters. The molecule has 1 aliphatic carbocycles. The molecule has 0 amide bonds. The largest absolute Gasteiger partial charge is 0.464 e. The molecule has 1 aliphatic rings. The molecule has 0 saturated carbocycles. The van der Waals surface area contributed by atoms with Gasteiger partial charge in [0.05, 0.1) is 11.1 Å². The van der Waals surface area contributed by atoms with Crippen molar-refractivity contribution in [3.63, 3.8) is 0 Å². The number of carbonyl (C=O) groups excluding carboxylic acids is 3. The number of fused-ring (bicyclic) bond motifs is 1. The molecule has 2 rings (SSSR count). The second-order valence-electron chi connectivity index (χ2n) is 3.42.